The van der Waals surface area contributed by atoms with Gasteiger partial charge in [-0.15, -0.1) is 0 Å². The first-order chi connectivity index (χ1) is 7.68. The first-order valence-corrected chi connectivity index (χ1v) is 11.4. The van der Waals surface area contributed by atoms with E-state index in [1.54, 1.807) is 0 Å². The van der Waals surface area contributed by atoms with Gasteiger partial charge in [0.2, 0.25) is 0 Å². The van der Waals surface area contributed by atoms with Crippen LogP contribution in [0.5, 0.6) is 0 Å². The molecule has 0 aliphatic carbocycles. The third-order valence-electron chi connectivity index (χ3n) is 1.88. The Labute approximate surface area is 104 Å². The van der Waals surface area contributed by atoms with Crippen molar-refractivity contribution < 1.29 is 0 Å². The van der Waals surface area contributed by atoms with Crippen molar-refractivity contribution in [2.45, 2.75) is 0 Å². The Morgan fingerprint density at radius 3 is 2.44 bits per heavy atom. The van der Waals surface area contributed by atoms with Crippen LogP contribution in [0.3, 0.4) is 0 Å². The van der Waals surface area contributed by atoms with Gasteiger partial charge in [0.25, 0.3) is 0 Å². The Morgan fingerprint density at radius 2 is 1.81 bits per heavy atom. The third-order valence-corrected chi connectivity index (χ3v) is 10.00. The summed E-state index contributed by atoms with van der Waals surface area (Å²) in [6, 6.07) is 9.74. The molecular weight excluding hydrogens is 387 g/mol. The van der Waals surface area contributed by atoms with E-state index >= 15 is 0 Å². The summed E-state index contributed by atoms with van der Waals surface area (Å²) in [6.45, 7) is 0. The molecule has 0 amide bonds. The van der Waals surface area contributed by atoms with E-state index in [0.717, 1.165) is 3.57 Å². The summed E-state index contributed by atoms with van der Waals surface area (Å²) >= 11 is 1.72. The number of hydrogen-bond donors (Lipinski definition) is 2. The van der Waals surface area contributed by atoms with E-state index in [1.165, 1.54) is 6.20 Å². The van der Waals surface area contributed by atoms with Crippen LogP contribution < -0.4 is 11.2 Å². The van der Waals surface area contributed by atoms with Crippen LogP contribution in [0.1, 0.15) is 0 Å². The number of aromatic amines is 2. The van der Waals surface area contributed by atoms with Crippen molar-refractivity contribution >= 4 is 30.3 Å². The first kappa shape index (κ1) is 11.6. The van der Waals surface area contributed by atoms with Gasteiger partial charge in [-0.2, -0.15) is 0 Å². The van der Waals surface area contributed by atoms with E-state index < -0.39 is 23.3 Å². The number of rotatable bonds is 2. The van der Waals surface area contributed by atoms with Crippen LogP contribution in [0.4, 0.5) is 0 Å². The van der Waals surface area contributed by atoms with E-state index in [9.17, 15) is 9.59 Å². The molecule has 1 aromatic heterocycles. The molecule has 16 heavy (non-hydrogen) atoms. The molecule has 0 aliphatic rings. The van der Waals surface area contributed by atoms with Crippen LogP contribution in [-0.4, -0.2) is 9.97 Å². The molecule has 0 spiro atoms. The minimum atomic E-state index is -1.87. The molecule has 0 bridgehead atoms. The molecule has 1 aromatic carbocycles. The van der Waals surface area contributed by atoms with E-state index in [2.05, 4.69) is 22.7 Å². The van der Waals surface area contributed by atoms with Crippen molar-refractivity contribution in [1.29, 1.82) is 0 Å². The van der Waals surface area contributed by atoms with Crippen molar-refractivity contribution in [3.05, 3.63) is 64.5 Å². The molecule has 2 N–H and O–H groups in total. The fraction of sp³-hybridized carbons (Fsp3) is 0. The first-order valence-electron chi connectivity index (χ1n) is 4.42. The van der Waals surface area contributed by atoms with Gasteiger partial charge >= 0.3 is 105 Å². The topological polar surface area (TPSA) is 65.7 Å². The van der Waals surface area contributed by atoms with Crippen LogP contribution in [0.2, 0.25) is 0 Å². The predicted octanol–water partition coefficient (Wildman–Crippen LogP) is 1.92. The third kappa shape index (κ3) is 2.43. The number of benzene rings is 1. The van der Waals surface area contributed by atoms with Crippen LogP contribution in [-0.2, 0) is 0 Å². The maximum atomic E-state index is 11.6. The summed E-state index contributed by atoms with van der Waals surface area (Å²) in [5, 5.41) is 0. The van der Waals surface area contributed by atoms with Crippen molar-refractivity contribution in [1.82, 2.24) is 9.97 Å². The summed E-state index contributed by atoms with van der Waals surface area (Å²) in [5.41, 5.74) is -0.784. The Balaban J connectivity index is 2.46. The molecule has 84 valence electrons. The van der Waals surface area contributed by atoms with Gasteiger partial charge in [-0.25, -0.2) is 0 Å². The Kier molecular flexibility index (Phi) is 3.59. The van der Waals surface area contributed by atoms with Crippen molar-refractivity contribution in [3.8, 4) is 0 Å². The van der Waals surface area contributed by atoms with Gasteiger partial charge in [-0.1, -0.05) is 0 Å². The molecule has 4 nitrogen and oxygen atoms in total. The van der Waals surface area contributed by atoms with Crippen molar-refractivity contribution in [2.75, 3.05) is 0 Å². The standard InChI is InChI=1S/C10H8BrIN2O2/c11-12(7-4-2-1-3-5-7)8-6-13-10(16)14-9(8)15/h1-6H,(H2,13,14,15,16). The maximum absolute atomic E-state index is 11.6. The summed E-state index contributed by atoms with van der Waals surface area (Å²) in [4.78, 5) is 27.2. The summed E-state index contributed by atoms with van der Waals surface area (Å²) < 4.78 is 1.75. The zero-order valence-electron chi connectivity index (χ0n) is 8.04. The average Bonchev–Trinajstić information content (AvgIpc) is 2.29. The Bertz CT molecular complexity index is 594. The minimum absolute atomic E-state index is 0.310. The van der Waals surface area contributed by atoms with Gasteiger partial charge in [-0.05, 0) is 0 Å². The fourth-order valence-electron chi connectivity index (χ4n) is 1.16. The zero-order chi connectivity index (χ0) is 11.5. The number of aromatic nitrogens is 2. The molecule has 0 aliphatic heterocycles. The molecule has 2 aromatic rings. The molecule has 0 radical (unpaired) electrons. The van der Waals surface area contributed by atoms with Crippen LogP contribution >= 0.6 is 30.3 Å². The van der Waals surface area contributed by atoms with Crippen LogP contribution in [0.15, 0.2) is 46.1 Å². The van der Waals surface area contributed by atoms with Gasteiger partial charge in [-0.3, -0.25) is 0 Å². The SMILES string of the molecule is O=c1[nH]cc(I(Br)c2ccccc2)c(=O)[nH]1. The molecule has 6 heteroatoms. The summed E-state index contributed by atoms with van der Waals surface area (Å²) in [6.07, 6.45) is 1.49. The number of H-pyrrole nitrogens is 2. The second-order valence-corrected chi connectivity index (χ2v) is 10.7. The van der Waals surface area contributed by atoms with E-state index in [1.807, 2.05) is 30.3 Å². The normalized spacial score (nSPS) is 11.2. The Morgan fingerprint density at radius 1 is 1.12 bits per heavy atom. The molecule has 0 saturated heterocycles. The molecule has 0 fully saturated rings. The van der Waals surface area contributed by atoms with Crippen molar-refractivity contribution in [2.24, 2.45) is 0 Å². The van der Waals surface area contributed by atoms with Gasteiger partial charge in [0.1, 0.15) is 0 Å². The molecule has 0 saturated carbocycles. The summed E-state index contributed by atoms with van der Waals surface area (Å²) in [5.74, 6) is 0. The van der Waals surface area contributed by atoms with Gasteiger partial charge < -0.3 is 0 Å². The average molecular weight is 395 g/mol. The van der Waals surface area contributed by atoms with Crippen molar-refractivity contribution in [3.63, 3.8) is 0 Å². The van der Waals surface area contributed by atoms with E-state index in [0.29, 0.717) is 3.57 Å². The molecule has 0 atom stereocenters. The van der Waals surface area contributed by atoms with Gasteiger partial charge in [0, 0.05) is 0 Å². The zero-order valence-corrected chi connectivity index (χ0v) is 11.8. The van der Waals surface area contributed by atoms with Crippen LogP contribution in [0, 0.1) is 7.14 Å². The molecule has 2 rings (SSSR count). The summed E-state index contributed by atoms with van der Waals surface area (Å²) in [7, 11) is 0. The number of halogens is 2. The Hall–Kier alpha value is -0.890. The fourth-order valence-corrected chi connectivity index (χ4v) is 6.70. The second-order valence-electron chi connectivity index (χ2n) is 2.95. The molecule has 1 heterocycles. The monoisotopic (exact) mass is 394 g/mol. The number of nitrogens with one attached hydrogen (secondary N) is 2. The second kappa shape index (κ2) is 4.96. The predicted molar refractivity (Wildman–Crippen MR) is 74.5 cm³/mol. The van der Waals surface area contributed by atoms with Gasteiger partial charge in [0.05, 0.1) is 0 Å². The number of hydrogen-bond acceptors (Lipinski definition) is 2. The quantitative estimate of drug-likeness (QED) is 0.764. The van der Waals surface area contributed by atoms with E-state index in [-0.39, 0.29) is 5.56 Å². The molecule has 0 unspecified atom stereocenters. The van der Waals surface area contributed by atoms with E-state index in [4.69, 9.17) is 0 Å². The molecular formula is C10H8BrIN2O2. The van der Waals surface area contributed by atoms with Crippen LogP contribution in [0.25, 0.3) is 0 Å². The van der Waals surface area contributed by atoms with Gasteiger partial charge in [0.15, 0.2) is 0 Å².